The van der Waals surface area contributed by atoms with Crippen LogP contribution in [0.3, 0.4) is 0 Å². The van der Waals surface area contributed by atoms with Gasteiger partial charge in [0.05, 0.1) is 0 Å². The predicted octanol–water partition coefficient (Wildman–Crippen LogP) is 3.14. The van der Waals surface area contributed by atoms with Crippen molar-refractivity contribution in [2.45, 2.75) is 43.5 Å². The predicted molar refractivity (Wildman–Crippen MR) is 92.1 cm³/mol. The molecule has 2 rings (SSSR count). The molecule has 118 valence electrons. The van der Waals surface area contributed by atoms with Crippen molar-refractivity contribution in [3.8, 4) is 0 Å². The summed E-state index contributed by atoms with van der Waals surface area (Å²) in [5.74, 6) is 1.22. The molecular weight excluding hydrogens is 304 g/mol. The van der Waals surface area contributed by atoms with Crippen molar-refractivity contribution in [3.05, 3.63) is 29.8 Å². The molecule has 1 amide bonds. The van der Waals surface area contributed by atoms with Crippen molar-refractivity contribution in [2.75, 3.05) is 12.3 Å². The molecule has 1 aliphatic carbocycles. The molecule has 1 aromatic carbocycles. The lowest BCUT2D eigenvalue weighted by atomic mass is 9.85. The Bertz CT molecular complexity index is 438. The molecule has 1 saturated carbocycles. The molecule has 2 atom stereocenters. The highest BCUT2D eigenvalue weighted by Gasteiger charge is 2.24. The number of carbonyl (C=O) groups excluding carboxylic acids is 1. The number of nitrogens with one attached hydrogen (secondary N) is 1. The van der Waals surface area contributed by atoms with Gasteiger partial charge < -0.3 is 11.1 Å². The molecule has 1 aliphatic rings. The van der Waals surface area contributed by atoms with Gasteiger partial charge in [-0.1, -0.05) is 24.1 Å². The fourth-order valence-electron chi connectivity index (χ4n) is 2.59. The van der Waals surface area contributed by atoms with Crippen LogP contribution in [-0.4, -0.2) is 24.2 Å². The first-order chi connectivity index (χ1) is 9.65. The molecule has 3 nitrogen and oxygen atoms in total. The number of hydrogen-bond acceptors (Lipinski definition) is 3. The topological polar surface area (TPSA) is 55.1 Å². The summed E-state index contributed by atoms with van der Waals surface area (Å²) < 4.78 is 0. The smallest absolute Gasteiger partial charge is 0.223 e. The van der Waals surface area contributed by atoms with E-state index in [9.17, 15) is 4.79 Å². The highest BCUT2D eigenvalue weighted by Crippen LogP contribution is 2.23. The Balaban J connectivity index is 0.00000220. The zero-order valence-electron chi connectivity index (χ0n) is 12.5. The first-order valence-corrected chi connectivity index (χ1v) is 8.36. The van der Waals surface area contributed by atoms with Gasteiger partial charge in [0.1, 0.15) is 0 Å². The standard InChI is InChI=1S/C16H24N2OS.ClH/c1-12-5-7-15(8-6-12)20-10-9-18-16(19)13-3-2-4-14(17)11-13;/h5-8,13-14H,2-4,9-11,17H2,1H3,(H,18,19);1H. The highest BCUT2D eigenvalue weighted by molar-refractivity contribution is 7.99. The molecule has 3 N–H and O–H groups in total. The second-order valence-corrected chi connectivity index (χ2v) is 6.74. The maximum absolute atomic E-state index is 12.0. The number of nitrogens with two attached hydrogens (primary N) is 1. The number of hydrogen-bond donors (Lipinski definition) is 2. The third-order valence-corrected chi connectivity index (χ3v) is 4.79. The van der Waals surface area contributed by atoms with E-state index in [2.05, 4.69) is 36.5 Å². The number of benzene rings is 1. The molecule has 1 fully saturated rings. The Hall–Kier alpha value is -0.710. The molecule has 1 aromatic rings. The summed E-state index contributed by atoms with van der Waals surface area (Å²) in [7, 11) is 0. The summed E-state index contributed by atoms with van der Waals surface area (Å²) in [4.78, 5) is 13.3. The molecule has 0 bridgehead atoms. The molecule has 2 unspecified atom stereocenters. The van der Waals surface area contributed by atoms with E-state index in [1.165, 1.54) is 10.5 Å². The van der Waals surface area contributed by atoms with Crippen LogP contribution in [-0.2, 0) is 4.79 Å². The van der Waals surface area contributed by atoms with Crippen LogP contribution in [0.4, 0.5) is 0 Å². The zero-order chi connectivity index (χ0) is 14.4. The van der Waals surface area contributed by atoms with Crippen LogP contribution in [0.5, 0.6) is 0 Å². The summed E-state index contributed by atoms with van der Waals surface area (Å²) in [5, 5.41) is 3.04. The van der Waals surface area contributed by atoms with Crippen molar-refractivity contribution in [2.24, 2.45) is 11.7 Å². The van der Waals surface area contributed by atoms with Crippen molar-refractivity contribution >= 4 is 30.1 Å². The lowest BCUT2D eigenvalue weighted by Gasteiger charge is -2.25. The first kappa shape index (κ1) is 18.3. The van der Waals surface area contributed by atoms with Crippen LogP contribution >= 0.6 is 24.2 Å². The van der Waals surface area contributed by atoms with Gasteiger partial charge in [0.25, 0.3) is 0 Å². The fourth-order valence-corrected chi connectivity index (χ4v) is 3.36. The second-order valence-electron chi connectivity index (χ2n) is 5.58. The SMILES string of the molecule is Cc1ccc(SCCNC(=O)C2CCCC(N)C2)cc1.Cl. The molecule has 21 heavy (non-hydrogen) atoms. The number of halogens is 1. The van der Waals surface area contributed by atoms with E-state index in [4.69, 9.17) is 5.73 Å². The Morgan fingerprint density at radius 3 is 2.71 bits per heavy atom. The van der Waals surface area contributed by atoms with Crippen molar-refractivity contribution < 1.29 is 4.79 Å². The number of amides is 1. The van der Waals surface area contributed by atoms with Gasteiger partial charge in [0, 0.05) is 29.2 Å². The van der Waals surface area contributed by atoms with E-state index in [0.717, 1.165) is 38.0 Å². The van der Waals surface area contributed by atoms with E-state index in [0.29, 0.717) is 0 Å². The molecular formula is C16H25ClN2OS. The average molecular weight is 329 g/mol. The van der Waals surface area contributed by atoms with E-state index >= 15 is 0 Å². The maximum atomic E-state index is 12.0. The van der Waals surface area contributed by atoms with Crippen LogP contribution in [0, 0.1) is 12.8 Å². The third-order valence-electron chi connectivity index (χ3n) is 3.78. The molecule has 0 heterocycles. The Labute approximate surface area is 137 Å². The lowest BCUT2D eigenvalue weighted by molar-refractivity contribution is -0.125. The molecule has 0 aromatic heterocycles. The summed E-state index contributed by atoms with van der Waals surface area (Å²) in [5.41, 5.74) is 7.20. The molecule has 0 aliphatic heterocycles. The minimum atomic E-state index is 0. The number of thioether (sulfide) groups is 1. The average Bonchev–Trinajstić information content (AvgIpc) is 2.45. The van der Waals surface area contributed by atoms with Gasteiger partial charge in [0.2, 0.25) is 5.91 Å². The van der Waals surface area contributed by atoms with Gasteiger partial charge in [0.15, 0.2) is 0 Å². The largest absolute Gasteiger partial charge is 0.355 e. The summed E-state index contributed by atoms with van der Waals surface area (Å²) in [6.45, 7) is 2.81. The van der Waals surface area contributed by atoms with Crippen molar-refractivity contribution in [3.63, 3.8) is 0 Å². The molecule has 0 saturated heterocycles. The van der Waals surface area contributed by atoms with Crippen molar-refractivity contribution in [1.82, 2.24) is 5.32 Å². The monoisotopic (exact) mass is 328 g/mol. The van der Waals surface area contributed by atoms with Gasteiger partial charge in [-0.15, -0.1) is 24.2 Å². The fraction of sp³-hybridized carbons (Fsp3) is 0.562. The minimum absolute atomic E-state index is 0. The van der Waals surface area contributed by atoms with Gasteiger partial charge in [-0.25, -0.2) is 0 Å². The van der Waals surface area contributed by atoms with Gasteiger partial charge >= 0.3 is 0 Å². The molecule has 5 heteroatoms. The normalized spacial score (nSPS) is 21.4. The first-order valence-electron chi connectivity index (χ1n) is 7.38. The summed E-state index contributed by atoms with van der Waals surface area (Å²) in [6.07, 6.45) is 3.98. The van der Waals surface area contributed by atoms with E-state index in [-0.39, 0.29) is 30.3 Å². The maximum Gasteiger partial charge on any atom is 0.223 e. The second kappa shape index (κ2) is 9.34. The Morgan fingerprint density at radius 2 is 2.05 bits per heavy atom. The van der Waals surface area contributed by atoms with E-state index < -0.39 is 0 Å². The Kier molecular flexibility index (Phi) is 8.15. The summed E-state index contributed by atoms with van der Waals surface area (Å²) >= 11 is 1.78. The highest BCUT2D eigenvalue weighted by atomic mass is 35.5. The lowest BCUT2D eigenvalue weighted by Crippen LogP contribution is -2.38. The third kappa shape index (κ3) is 6.29. The van der Waals surface area contributed by atoms with Crippen LogP contribution in [0.1, 0.15) is 31.2 Å². The van der Waals surface area contributed by atoms with E-state index in [1.54, 1.807) is 11.8 Å². The Morgan fingerprint density at radius 1 is 1.33 bits per heavy atom. The minimum Gasteiger partial charge on any atom is -0.355 e. The van der Waals surface area contributed by atoms with Crippen LogP contribution < -0.4 is 11.1 Å². The van der Waals surface area contributed by atoms with Crippen LogP contribution in [0.15, 0.2) is 29.2 Å². The van der Waals surface area contributed by atoms with Crippen LogP contribution in [0.25, 0.3) is 0 Å². The quantitative estimate of drug-likeness (QED) is 0.645. The van der Waals surface area contributed by atoms with Gasteiger partial charge in [-0.2, -0.15) is 0 Å². The molecule has 0 radical (unpaired) electrons. The zero-order valence-corrected chi connectivity index (χ0v) is 14.1. The number of aryl methyl sites for hydroxylation is 1. The van der Waals surface area contributed by atoms with Gasteiger partial charge in [-0.3, -0.25) is 4.79 Å². The number of carbonyl (C=O) groups is 1. The summed E-state index contributed by atoms with van der Waals surface area (Å²) in [6, 6.07) is 8.69. The van der Waals surface area contributed by atoms with Crippen LogP contribution in [0.2, 0.25) is 0 Å². The number of rotatable bonds is 5. The van der Waals surface area contributed by atoms with E-state index in [1.807, 2.05) is 0 Å². The van der Waals surface area contributed by atoms with Gasteiger partial charge in [-0.05, 0) is 38.3 Å². The molecule has 0 spiro atoms. The van der Waals surface area contributed by atoms with Crippen molar-refractivity contribution in [1.29, 1.82) is 0 Å².